The van der Waals surface area contributed by atoms with Crippen LogP contribution in [-0.2, 0) is 4.74 Å². The summed E-state index contributed by atoms with van der Waals surface area (Å²) in [4.78, 5) is 6.94. The Morgan fingerprint density at radius 2 is 1.86 bits per heavy atom. The number of piperazine rings is 1. The van der Waals surface area contributed by atoms with E-state index in [0.717, 1.165) is 70.0 Å². The topological polar surface area (TPSA) is 31.0 Å². The van der Waals surface area contributed by atoms with Crippen LogP contribution in [0.4, 0.5) is 10.1 Å². The second kappa shape index (κ2) is 11.6. The molecule has 1 aromatic rings. The van der Waals surface area contributed by atoms with Crippen LogP contribution in [0.3, 0.4) is 0 Å². The summed E-state index contributed by atoms with van der Waals surface area (Å²) in [5.74, 6) is 0.415. The maximum absolute atomic E-state index is 13.0. The van der Waals surface area contributed by atoms with E-state index in [1.165, 1.54) is 12.5 Å². The lowest BCUT2D eigenvalue weighted by Crippen LogP contribution is -2.44. The van der Waals surface area contributed by atoms with Crippen LogP contribution < -0.4 is 5.32 Å². The minimum atomic E-state index is -0.410. The van der Waals surface area contributed by atoms with E-state index in [1.807, 2.05) is 0 Å². The smallest absolute Gasteiger partial charge is 0.141 e. The standard InChI is InChI=1S/C13H17ClFN3.C8H17NO/c1-10(18-7-5-17(2)6-8-18)16-11-3-4-13(15)12(14)9-11;1-3-8(2)9-4-6-10-7-5-9/h3-4,9,16H,1,5-8H2,2H3;8H,3-7H2,1-2H3. The molecule has 7 heteroatoms. The minimum absolute atomic E-state index is 0.117. The van der Waals surface area contributed by atoms with Crippen LogP contribution in [0, 0.1) is 5.82 Å². The van der Waals surface area contributed by atoms with Gasteiger partial charge in [0.05, 0.1) is 24.1 Å². The first kappa shape index (κ1) is 22.9. The highest BCUT2D eigenvalue weighted by Crippen LogP contribution is 2.21. The molecule has 1 N–H and O–H groups in total. The number of ether oxygens (including phenoxy) is 1. The lowest BCUT2D eigenvalue weighted by Gasteiger charge is -2.35. The van der Waals surface area contributed by atoms with Crippen molar-refractivity contribution >= 4 is 17.3 Å². The van der Waals surface area contributed by atoms with Gasteiger partial charge in [0, 0.05) is 51.0 Å². The third-order valence-electron chi connectivity index (χ3n) is 5.35. The molecule has 28 heavy (non-hydrogen) atoms. The first-order valence-corrected chi connectivity index (χ1v) is 10.4. The highest BCUT2D eigenvalue weighted by Gasteiger charge is 2.15. The SMILES string of the molecule is C=C(Nc1ccc(F)c(Cl)c1)N1CCN(C)CC1.CCC(C)N1CCOCC1. The predicted octanol–water partition coefficient (Wildman–Crippen LogP) is 3.73. The summed E-state index contributed by atoms with van der Waals surface area (Å²) >= 11 is 5.74. The van der Waals surface area contributed by atoms with Crippen molar-refractivity contribution in [3.05, 3.63) is 41.4 Å². The number of nitrogens with one attached hydrogen (secondary N) is 1. The van der Waals surface area contributed by atoms with Gasteiger partial charge in [-0.25, -0.2) is 4.39 Å². The van der Waals surface area contributed by atoms with Gasteiger partial charge in [-0.15, -0.1) is 0 Å². The Morgan fingerprint density at radius 1 is 1.21 bits per heavy atom. The molecule has 3 rings (SSSR count). The monoisotopic (exact) mass is 412 g/mol. The van der Waals surface area contributed by atoms with Crippen LogP contribution in [0.1, 0.15) is 20.3 Å². The first-order valence-electron chi connectivity index (χ1n) is 10.1. The van der Waals surface area contributed by atoms with Crippen molar-refractivity contribution in [1.82, 2.24) is 14.7 Å². The van der Waals surface area contributed by atoms with E-state index in [4.69, 9.17) is 16.3 Å². The summed E-state index contributed by atoms with van der Waals surface area (Å²) in [6.45, 7) is 16.5. The zero-order valence-electron chi connectivity index (χ0n) is 17.4. The van der Waals surface area contributed by atoms with Crippen LogP contribution >= 0.6 is 11.6 Å². The summed E-state index contributed by atoms with van der Waals surface area (Å²) in [6, 6.07) is 5.31. The van der Waals surface area contributed by atoms with Crippen molar-refractivity contribution in [2.75, 3.05) is 64.8 Å². The van der Waals surface area contributed by atoms with E-state index in [2.05, 4.69) is 47.5 Å². The molecule has 2 heterocycles. The van der Waals surface area contributed by atoms with Crippen LogP contribution in [-0.4, -0.2) is 80.3 Å². The minimum Gasteiger partial charge on any atom is -0.379 e. The van der Waals surface area contributed by atoms with Gasteiger partial charge in [-0.2, -0.15) is 0 Å². The molecule has 0 aromatic heterocycles. The Hall–Kier alpha value is -1.34. The molecular weight excluding hydrogens is 379 g/mol. The van der Waals surface area contributed by atoms with E-state index >= 15 is 0 Å². The van der Waals surface area contributed by atoms with E-state index < -0.39 is 5.82 Å². The van der Waals surface area contributed by atoms with Gasteiger partial charge in [-0.1, -0.05) is 25.1 Å². The van der Waals surface area contributed by atoms with E-state index in [1.54, 1.807) is 12.1 Å². The molecule has 2 fully saturated rings. The Balaban J connectivity index is 0.000000237. The van der Waals surface area contributed by atoms with Crippen molar-refractivity contribution in [2.45, 2.75) is 26.3 Å². The number of anilines is 1. The van der Waals surface area contributed by atoms with E-state index in [0.29, 0.717) is 0 Å². The molecule has 2 saturated heterocycles. The molecule has 0 aliphatic carbocycles. The van der Waals surface area contributed by atoms with Gasteiger partial charge in [0.2, 0.25) is 0 Å². The molecule has 0 spiro atoms. The molecule has 2 aliphatic heterocycles. The number of halogens is 2. The van der Waals surface area contributed by atoms with Gasteiger partial charge in [0.25, 0.3) is 0 Å². The molecule has 1 unspecified atom stereocenters. The van der Waals surface area contributed by atoms with Crippen LogP contribution in [0.25, 0.3) is 0 Å². The second-order valence-electron chi connectivity index (χ2n) is 7.40. The molecule has 1 aromatic carbocycles. The average Bonchev–Trinajstić information content (AvgIpc) is 2.72. The van der Waals surface area contributed by atoms with Crippen molar-refractivity contribution in [2.24, 2.45) is 0 Å². The molecule has 2 aliphatic rings. The van der Waals surface area contributed by atoms with Crippen molar-refractivity contribution < 1.29 is 9.13 Å². The Labute approximate surface area is 174 Å². The maximum Gasteiger partial charge on any atom is 0.141 e. The van der Waals surface area contributed by atoms with Gasteiger partial charge in [-0.05, 0) is 38.6 Å². The summed E-state index contributed by atoms with van der Waals surface area (Å²) in [6.07, 6.45) is 1.25. The molecule has 0 radical (unpaired) electrons. The molecule has 0 saturated carbocycles. The average molecular weight is 413 g/mol. The molecule has 158 valence electrons. The number of hydrogen-bond donors (Lipinski definition) is 1. The third kappa shape index (κ3) is 7.24. The van der Waals surface area contributed by atoms with Crippen LogP contribution in [0.2, 0.25) is 5.02 Å². The van der Waals surface area contributed by atoms with Crippen LogP contribution in [0.15, 0.2) is 30.6 Å². The first-order chi connectivity index (χ1) is 13.4. The highest BCUT2D eigenvalue weighted by molar-refractivity contribution is 6.31. The fraction of sp³-hybridized carbons (Fsp3) is 0.619. The maximum atomic E-state index is 13.0. The zero-order chi connectivity index (χ0) is 20.5. The zero-order valence-corrected chi connectivity index (χ0v) is 18.1. The van der Waals surface area contributed by atoms with Gasteiger partial charge in [-0.3, -0.25) is 4.90 Å². The van der Waals surface area contributed by atoms with Gasteiger partial charge >= 0.3 is 0 Å². The number of rotatable bonds is 5. The highest BCUT2D eigenvalue weighted by atomic mass is 35.5. The summed E-state index contributed by atoms with van der Waals surface area (Å²) in [7, 11) is 2.10. The Bertz CT molecular complexity index is 616. The van der Waals surface area contributed by atoms with E-state index in [-0.39, 0.29) is 5.02 Å². The molecular formula is C21H34ClFN4O. The van der Waals surface area contributed by atoms with Gasteiger partial charge in [0.15, 0.2) is 0 Å². The molecule has 1 atom stereocenters. The second-order valence-corrected chi connectivity index (χ2v) is 7.80. The Morgan fingerprint density at radius 3 is 2.43 bits per heavy atom. The van der Waals surface area contributed by atoms with Gasteiger partial charge in [0.1, 0.15) is 5.82 Å². The van der Waals surface area contributed by atoms with Crippen molar-refractivity contribution in [1.29, 1.82) is 0 Å². The van der Waals surface area contributed by atoms with Crippen molar-refractivity contribution in [3.8, 4) is 0 Å². The lowest BCUT2D eigenvalue weighted by molar-refractivity contribution is 0.0196. The number of benzene rings is 1. The van der Waals surface area contributed by atoms with Crippen LogP contribution in [0.5, 0.6) is 0 Å². The number of hydrogen-bond acceptors (Lipinski definition) is 5. The summed E-state index contributed by atoms with van der Waals surface area (Å²) in [5, 5.41) is 3.27. The fourth-order valence-electron chi connectivity index (χ4n) is 3.17. The quantitative estimate of drug-likeness (QED) is 0.796. The molecule has 0 amide bonds. The lowest BCUT2D eigenvalue weighted by atomic mass is 10.2. The van der Waals surface area contributed by atoms with E-state index in [9.17, 15) is 4.39 Å². The third-order valence-corrected chi connectivity index (χ3v) is 5.64. The number of nitrogens with zero attached hydrogens (tertiary/aromatic N) is 3. The Kier molecular flexibility index (Phi) is 9.51. The summed E-state index contributed by atoms with van der Waals surface area (Å²) in [5.41, 5.74) is 0.755. The normalized spacial score (nSPS) is 19.5. The van der Waals surface area contributed by atoms with Gasteiger partial charge < -0.3 is 19.9 Å². The number of morpholine rings is 1. The largest absolute Gasteiger partial charge is 0.379 e. The summed E-state index contributed by atoms with van der Waals surface area (Å²) < 4.78 is 18.3. The predicted molar refractivity (Wildman–Crippen MR) is 115 cm³/mol. The molecule has 0 bridgehead atoms. The number of likely N-dealkylation sites (N-methyl/N-ethyl adjacent to an activating group) is 1. The molecule has 5 nitrogen and oxygen atoms in total. The van der Waals surface area contributed by atoms with Crippen molar-refractivity contribution in [3.63, 3.8) is 0 Å². The fourth-order valence-corrected chi connectivity index (χ4v) is 3.35.